The highest BCUT2D eigenvalue weighted by Gasteiger charge is 2.20. The summed E-state index contributed by atoms with van der Waals surface area (Å²) in [5.74, 6) is 0.404. The van der Waals surface area contributed by atoms with Crippen molar-refractivity contribution in [2.75, 3.05) is 18.0 Å². The number of nitrogens with two attached hydrogens (primary N) is 1. The maximum atomic E-state index is 11.6. The van der Waals surface area contributed by atoms with E-state index in [1.165, 1.54) is 12.8 Å². The Morgan fingerprint density at radius 2 is 1.83 bits per heavy atom. The van der Waals surface area contributed by atoms with Gasteiger partial charge in [0, 0.05) is 18.8 Å². The zero-order valence-corrected chi connectivity index (χ0v) is 11.2. The fourth-order valence-corrected chi connectivity index (χ4v) is 2.63. The van der Waals surface area contributed by atoms with Crippen LogP contribution >= 0.6 is 0 Å². The molecule has 2 N–H and O–H groups in total. The average Bonchev–Trinajstić information content (AvgIpc) is 2.55. The lowest BCUT2D eigenvalue weighted by Gasteiger charge is -2.24. The number of anilines is 1. The summed E-state index contributed by atoms with van der Waals surface area (Å²) in [6, 6.07) is 1.92. The molecule has 1 fully saturated rings. The van der Waals surface area contributed by atoms with Crippen LogP contribution in [0, 0.1) is 13.8 Å². The number of carbonyl (C=O) groups excluding carboxylic acids is 1. The van der Waals surface area contributed by atoms with Crippen LogP contribution in [0.2, 0.25) is 0 Å². The molecule has 0 saturated carbocycles. The highest BCUT2D eigenvalue weighted by molar-refractivity contribution is 5.99. The number of aromatic nitrogens is 1. The monoisotopic (exact) mass is 247 g/mol. The first kappa shape index (κ1) is 12.9. The van der Waals surface area contributed by atoms with Crippen molar-refractivity contribution in [3.8, 4) is 0 Å². The molecular formula is C14H21N3O. The van der Waals surface area contributed by atoms with Gasteiger partial charge in [-0.15, -0.1) is 0 Å². The number of hydrogen-bond donors (Lipinski definition) is 1. The molecule has 1 aliphatic rings. The molecule has 4 nitrogen and oxygen atoms in total. The maximum absolute atomic E-state index is 11.6. The normalized spacial score (nSPS) is 16.4. The van der Waals surface area contributed by atoms with Gasteiger partial charge in [0.15, 0.2) is 0 Å². The predicted molar refractivity (Wildman–Crippen MR) is 72.9 cm³/mol. The minimum atomic E-state index is -0.376. The zero-order valence-electron chi connectivity index (χ0n) is 11.2. The number of carbonyl (C=O) groups is 1. The average molecular weight is 247 g/mol. The standard InChI is InChI=1S/C14H21N3O/c1-10-9-11(2)16-14(12(10)13(15)18)17-7-5-3-4-6-8-17/h9H,3-8H2,1-2H3,(H2,15,18). The van der Waals surface area contributed by atoms with E-state index in [0.717, 1.165) is 43.0 Å². The predicted octanol–water partition coefficient (Wildman–Crippen LogP) is 2.18. The first-order valence-electron chi connectivity index (χ1n) is 6.62. The van der Waals surface area contributed by atoms with Gasteiger partial charge in [0.25, 0.3) is 5.91 Å². The van der Waals surface area contributed by atoms with Crippen LogP contribution in [0.5, 0.6) is 0 Å². The minimum Gasteiger partial charge on any atom is -0.365 e. The lowest BCUT2D eigenvalue weighted by atomic mass is 10.1. The summed E-state index contributed by atoms with van der Waals surface area (Å²) >= 11 is 0. The molecule has 0 bridgehead atoms. The first-order chi connectivity index (χ1) is 8.59. The number of rotatable bonds is 2. The van der Waals surface area contributed by atoms with Crippen LogP contribution in [-0.4, -0.2) is 24.0 Å². The second kappa shape index (κ2) is 5.38. The van der Waals surface area contributed by atoms with Crippen LogP contribution in [0.1, 0.15) is 47.3 Å². The maximum Gasteiger partial charge on any atom is 0.252 e. The molecule has 1 aliphatic heterocycles. The summed E-state index contributed by atoms with van der Waals surface area (Å²) in [6.07, 6.45) is 4.83. The third-order valence-corrected chi connectivity index (χ3v) is 3.48. The summed E-state index contributed by atoms with van der Waals surface area (Å²) in [6.45, 7) is 5.82. The number of hydrogen-bond acceptors (Lipinski definition) is 3. The van der Waals surface area contributed by atoms with Crippen molar-refractivity contribution in [1.29, 1.82) is 0 Å². The number of pyridine rings is 1. The molecule has 0 atom stereocenters. The van der Waals surface area contributed by atoms with Crippen molar-refractivity contribution in [3.05, 3.63) is 22.9 Å². The Labute approximate surface area is 108 Å². The van der Waals surface area contributed by atoms with Gasteiger partial charge in [0.2, 0.25) is 0 Å². The van der Waals surface area contributed by atoms with Gasteiger partial charge in [-0.3, -0.25) is 4.79 Å². The van der Waals surface area contributed by atoms with Gasteiger partial charge < -0.3 is 10.6 Å². The van der Waals surface area contributed by atoms with Crippen molar-refractivity contribution < 1.29 is 4.79 Å². The summed E-state index contributed by atoms with van der Waals surface area (Å²) in [7, 11) is 0. The second-order valence-corrected chi connectivity index (χ2v) is 5.04. The van der Waals surface area contributed by atoms with E-state index in [4.69, 9.17) is 5.73 Å². The molecule has 1 saturated heterocycles. The van der Waals surface area contributed by atoms with Crippen molar-refractivity contribution >= 4 is 11.7 Å². The van der Waals surface area contributed by atoms with Crippen molar-refractivity contribution in [3.63, 3.8) is 0 Å². The molecule has 1 aromatic rings. The van der Waals surface area contributed by atoms with Crippen LogP contribution in [-0.2, 0) is 0 Å². The lowest BCUT2D eigenvalue weighted by Crippen LogP contribution is -2.29. The van der Waals surface area contributed by atoms with Gasteiger partial charge in [-0.25, -0.2) is 4.98 Å². The second-order valence-electron chi connectivity index (χ2n) is 5.04. The van der Waals surface area contributed by atoms with Crippen LogP contribution < -0.4 is 10.6 Å². The van der Waals surface area contributed by atoms with E-state index in [-0.39, 0.29) is 5.91 Å². The van der Waals surface area contributed by atoms with Crippen LogP contribution in [0.4, 0.5) is 5.82 Å². The van der Waals surface area contributed by atoms with Crippen molar-refractivity contribution in [2.24, 2.45) is 5.73 Å². The molecule has 98 valence electrons. The largest absolute Gasteiger partial charge is 0.365 e. The molecular weight excluding hydrogens is 226 g/mol. The molecule has 0 spiro atoms. The van der Waals surface area contributed by atoms with Crippen LogP contribution in [0.3, 0.4) is 0 Å². The summed E-state index contributed by atoms with van der Waals surface area (Å²) in [4.78, 5) is 18.4. The van der Waals surface area contributed by atoms with E-state index >= 15 is 0 Å². The number of nitrogens with zero attached hydrogens (tertiary/aromatic N) is 2. The first-order valence-corrected chi connectivity index (χ1v) is 6.62. The highest BCUT2D eigenvalue weighted by atomic mass is 16.1. The molecule has 0 radical (unpaired) electrons. The van der Waals surface area contributed by atoms with Gasteiger partial charge in [0.1, 0.15) is 5.82 Å². The zero-order chi connectivity index (χ0) is 13.1. The van der Waals surface area contributed by atoms with Gasteiger partial charge in [-0.05, 0) is 38.3 Å². The SMILES string of the molecule is Cc1cc(C)c(C(N)=O)c(N2CCCCCC2)n1. The molecule has 0 aliphatic carbocycles. The molecule has 2 rings (SSSR count). The fourth-order valence-electron chi connectivity index (χ4n) is 2.63. The smallest absolute Gasteiger partial charge is 0.252 e. The summed E-state index contributed by atoms with van der Waals surface area (Å²) in [5.41, 5.74) is 7.96. The molecule has 1 aromatic heterocycles. The third kappa shape index (κ3) is 2.63. The minimum absolute atomic E-state index is 0.376. The van der Waals surface area contributed by atoms with Gasteiger partial charge >= 0.3 is 0 Å². The van der Waals surface area contributed by atoms with Crippen LogP contribution in [0.25, 0.3) is 0 Å². The molecule has 18 heavy (non-hydrogen) atoms. The van der Waals surface area contributed by atoms with Gasteiger partial charge in [-0.2, -0.15) is 0 Å². The van der Waals surface area contributed by atoms with Crippen molar-refractivity contribution in [2.45, 2.75) is 39.5 Å². The Bertz CT molecular complexity index is 449. The molecule has 2 heterocycles. The Hall–Kier alpha value is -1.58. The topological polar surface area (TPSA) is 59.2 Å². The third-order valence-electron chi connectivity index (χ3n) is 3.48. The molecule has 0 unspecified atom stereocenters. The van der Waals surface area contributed by atoms with E-state index < -0.39 is 0 Å². The van der Waals surface area contributed by atoms with E-state index in [1.54, 1.807) is 0 Å². The van der Waals surface area contributed by atoms with E-state index in [9.17, 15) is 4.79 Å². The van der Waals surface area contributed by atoms with E-state index in [1.807, 2.05) is 19.9 Å². The van der Waals surface area contributed by atoms with E-state index in [2.05, 4.69) is 9.88 Å². The van der Waals surface area contributed by atoms with Gasteiger partial charge in [0.05, 0.1) is 5.56 Å². The highest BCUT2D eigenvalue weighted by Crippen LogP contribution is 2.24. The van der Waals surface area contributed by atoms with Crippen molar-refractivity contribution in [1.82, 2.24) is 4.98 Å². The van der Waals surface area contributed by atoms with Gasteiger partial charge in [-0.1, -0.05) is 12.8 Å². The lowest BCUT2D eigenvalue weighted by molar-refractivity contribution is 0.1000. The Kier molecular flexibility index (Phi) is 3.84. The summed E-state index contributed by atoms with van der Waals surface area (Å²) in [5, 5.41) is 0. The Balaban J connectivity index is 2.43. The fraction of sp³-hybridized carbons (Fsp3) is 0.571. The molecule has 0 aromatic carbocycles. The van der Waals surface area contributed by atoms with E-state index in [0.29, 0.717) is 5.56 Å². The number of aryl methyl sites for hydroxylation is 2. The Morgan fingerprint density at radius 3 is 2.39 bits per heavy atom. The quantitative estimate of drug-likeness (QED) is 0.871. The Morgan fingerprint density at radius 1 is 1.22 bits per heavy atom. The molecule has 4 heteroatoms. The molecule has 1 amide bonds. The number of primary amides is 1. The van der Waals surface area contributed by atoms with Crippen LogP contribution in [0.15, 0.2) is 6.07 Å². The number of amides is 1. The summed E-state index contributed by atoms with van der Waals surface area (Å²) < 4.78 is 0.